The van der Waals surface area contributed by atoms with E-state index in [9.17, 15) is 4.79 Å². The van der Waals surface area contributed by atoms with E-state index in [0.29, 0.717) is 19.8 Å². The lowest BCUT2D eigenvalue weighted by Crippen LogP contribution is -2.32. The van der Waals surface area contributed by atoms with Gasteiger partial charge in [0.2, 0.25) is 5.91 Å². The third-order valence-electron chi connectivity index (χ3n) is 3.53. The number of carbonyl (C=O) groups excluding carboxylic acids is 1. The molecule has 0 bridgehead atoms. The quantitative estimate of drug-likeness (QED) is 0.780. The van der Waals surface area contributed by atoms with Crippen LogP contribution in [-0.4, -0.2) is 25.7 Å². The number of benzene rings is 1. The van der Waals surface area contributed by atoms with Crippen LogP contribution in [0.5, 0.6) is 11.5 Å². The molecule has 0 atom stereocenters. The first kappa shape index (κ1) is 14.7. The van der Waals surface area contributed by atoms with E-state index in [1.807, 2.05) is 31.2 Å². The number of carbonyl (C=O) groups is 1. The summed E-state index contributed by atoms with van der Waals surface area (Å²) < 4.78 is 10.9. The summed E-state index contributed by atoms with van der Waals surface area (Å²) in [5.74, 6) is 2.04. The van der Waals surface area contributed by atoms with Crippen molar-refractivity contribution in [1.82, 2.24) is 5.32 Å². The molecule has 1 amide bonds. The summed E-state index contributed by atoms with van der Waals surface area (Å²) in [6, 6.07) is 7.53. The zero-order chi connectivity index (χ0) is 14.2. The summed E-state index contributed by atoms with van der Waals surface area (Å²) in [6.07, 6.45) is 4.43. The number of amides is 1. The Balaban J connectivity index is 1.63. The summed E-state index contributed by atoms with van der Waals surface area (Å²) in [5.41, 5.74) is 0. The van der Waals surface area contributed by atoms with Crippen molar-refractivity contribution in [2.75, 3.05) is 19.8 Å². The van der Waals surface area contributed by atoms with E-state index in [0.717, 1.165) is 24.3 Å². The molecule has 20 heavy (non-hydrogen) atoms. The second-order valence-electron chi connectivity index (χ2n) is 5.03. The molecule has 0 unspecified atom stereocenters. The summed E-state index contributed by atoms with van der Waals surface area (Å²) in [6.45, 7) is 3.67. The van der Waals surface area contributed by atoms with Crippen molar-refractivity contribution in [1.29, 1.82) is 0 Å². The van der Waals surface area contributed by atoms with Crippen LogP contribution >= 0.6 is 0 Å². The van der Waals surface area contributed by atoms with E-state index >= 15 is 0 Å². The van der Waals surface area contributed by atoms with Crippen molar-refractivity contribution in [3.63, 3.8) is 0 Å². The summed E-state index contributed by atoms with van der Waals surface area (Å²) >= 11 is 0. The van der Waals surface area contributed by atoms with Gasteiger partial charge in [0.15, 0.2) is 0 Å². The van der Waals surface area contributed by atoms with E-state index < -0.39 is 0 Å². The Kier molecular flexibility index (Phi) is 5.71. The molecule has 0 spiro atoms. The average Bonchev–Trinajstić information content (AvgIpc) is 3.00. The molecule has 1 fully saturated rings. The highest BCUT2D eigenvalue weighted by Crippen LogP contribution is 2.24. The summed E-state index contributed by atoms with van der Waals surface area (Å²) in [4.78, 5) is 11.8. The Morgan fingerprint density at radius 3 is 2.35 bits per heavy atom. The Morgan fingerprint density at radius 1 is 1.15 bits per heavy atom. The summed E-state index contributed by atoms with van der Waals surface area (Å²) in [5, 5.41) is 2.94. The Morgan fingerprint density at radius 2 is 1.75 bits per heavy atom. The van der Waals surface area contributed by atoms with Crippen LogP contribution in [0, 0.1) is 5.92 Å². The molecule has 0 aliphatic heterocycles. The maximum absolute atomic E-state index is 11.8. The lowest BCUT2D eigenvalue weighted by molar-refractivity contribution is -0.124. The highest BCUT2D eigenvalue weighted by Gasteiger charge is 2.21. The lowest BCUT2D eigenvalue weighted by atomic mass is 10.1. The first-order chi connectivity index (χ1) is 9.79. The maximum Gasteiger partial charge on any atom is 0.223 e. The minimum Gasteiger partial charge on any atom is -0.494 e. The number of rotatable bonds is 7. The van der Waals surface area contributed by atoms with Gasteiger partial charge in [0.1, 0.15) is 18.1 Å². The lowest BCUT2D eigenvalue weighted by Gasteiger charge is -2.11. The van der Waals surface area contributed by atoms with Gasteiger partial charge in [-0.3, -0.25) is 4.79 Å². The molecule has 0 aromatic heterocycles. The SMILES string of the molecule is CCOc1ccc(OCCNC(=O)C2CCCC2)cc1. The van der Waals surface area contributed by atoms with Crippen LogP contribution < -0.4 is 14.8 Å². The molecule has 1 saturated carbocycles. The van der Waals surface area contributed by atoms with Crippen molar-refractivity contribution in [2.24, 2.45) is 5.92 Å². The largest absolute Gasteiger partial charge is 0.494 e. The normalized spacial score (nSPS) is 15.1. The van der Waals surface area contributed by atoms with Crippen LogP contribution in [0.15, 0.2) is 24.3 Å². The van der Waals surface area contributed by atoms with E-state index in [-0.39, 0.29) is 11.8 Å². The number of nitrogens with one attached hydrogen (secondary N) is 1. The molecule has 1 aromatic carbocycles. The molecule has 0 heterocycles. The predicted octanol–water partition coefficient (Wildman–Crippen LogP) is 2.77. The van der Waals surface area contributed by atoms with Gasteiger partial charge < -0.3 is 14.8 Å². The second kappa shape index (κ2) is 7.78. The van der Waals surface area contributed by atoms with Crippen molar-refractivity contribution >= 4 is 5.91 Å². The minimum absolute atomic E-state index is 0.179. The molecule has 110 valence electrons. The van der Waals surface area contributed by atoms with E-state index in [2.05, 4.69) is 5.32 Å². The van der Waals surface area contributed by atoms with Gasteiger partial charge in [0.05, 0.1) is 13.2 Å². The first-order valence-corrected chi connectivity index (χ1v) is 7.43. The number of hydrogen-bond acceptors (Lipinski definition) is 3. The predicted molar refractivity (Wildman–Crippen MR) is 78.1 cm³/mol. The van der Waals surface area contributed by atoms with Gasteiger partial charge >= 0.3 is 0 Å². The zero-order valence-electron chi connectivity index (χ0n) is 12.1. The van der Waals surface area contributed by atoms with Gasteiger partial charge in [-0.1, -0.05) is 12.8 Å². The molecule has 0 saturated heterocycles. The van der Waals surface area contributed by atoms with Crippen LogP contribution in [0.2, 0.25) is 0 Å². The number of hydrogen-bond donors (Lipinski definition) is 1. The van der Waals surface area contributed by atoms with Gasteiger partial charge in [-0.05, 0) is 44.0 Å². The molecule has 1 aromatic rings. The standard InChI is InChI=1S/C16H23NO3/c1-2-19-14-7-9-15(10-8-14)20-12-11-17-16(18)13-5-3-4-6-13/h7-10,13H,2-6,11-12H2,1H3,(H,17,18). The van der Waals surface area contributed by atoms with Crippen molar-refractivity contribution in [2.45, 2.75) is 32.6 Å². The fraction of sp³-hybridized carbons (Fsp3) is 0.562. The molecule has 1 N–H and O–H groups in total. The van der Waals surface area contributed by atoms with Gasteiger partial charge in [-0.15, -0.1) is 0 Å². The fourth-order valence-electron chi connectivity index (χ4n) is 2.47. The van der Waals surface area contributed by atoms with Crippen molar-refractivity contribution < 1.29 is 14.3 Å². The smallest absolute Gasteiger partial charge is 0.223 e. The minimum atomic E-state index is 0.179. The third-order valence-corrected chi connectivity index (χ3v) is 3.53. The molecule has 0 radical (unpaired) electrons. The van der Waals surface area contributed by atoms with E-state index in [4.69, 9.17) is 9.47 Å². The van der Waals surface area contributed by atoms with Gasteiger partial charge in [-0.25, -0.2) is 0 Å². The van der Waals surface area contributed by atoms with Crippen LogP contribution in [0.1, 0.15) is 32.6 Å². The fourth-order valence-corrected chi connectivity index (χ4v) is 2.47. The van der Waals surface area contributed by atoms with E-state index in [1.54, 1.807) is 0 Å². The maximum atomic E-state index is 11.8. The van der Waals surface area contributed by atoms with Crippen molar-refractivity contribution in [3.8, 4) is 11.5 Å². The Hall–Kier alpha value is -1.71. The topological polar surface area (TPSA) is 47.6 Å². The van der Waals surface area contributed by atoms with Gasteiger partial charge in [0.25, 0.3) is 0 Å². The molecular formula is C16H23NO3. The molecule has 1 aliphatic rings. The number of ether oxygens (including phenoxy) is 2. The van der Waals surface area contributed by atoms with Gasteiger partial charge in [0, 0.05) is 5.92 Å². The monoisotopic (exact) mass is 277 g/mol. The van der Waals surface area contributed by atoms with Crippen LogP contribution in [0.4, 0.5) is 0 Å². The van der Waals surface area contributed by atoms with E-state index in [1.165, 1.54) is 12.8 Å². The average molecular weight is 277 g/mol. The first-order valence-electron chi connectivity index (χ1n) is 7.43. The second-order valence-corrected chi connectivity index (χ2v) is 5.03. The Labute approximate surface area is 120 Å². The third kappa shape index (κ3) is 4.44. The Bertz CT molecular complexity index is 410. The molecular weight excluding hydrogens is 254 g/mol. The molecule has 4 nitrogen and oxygen atoms in total. The molecule has 4 heteroatoms. The zero-order valence-corrected chi connectivity index (χ0v) is 12.1. The van der Waals surface area contributed by atoms with Gasteiger partial charge in [-0.2, -0.15) is 0 Å². The molecule has 1 aliphatic carbocycles. The summed E-state index contributed by atoms with van der Waals surface area (Å²) in [7, 11) is 0. The van der Waals surface area contributed by atoms with Crippen LogP contribution in [-0.2, 0) is 4.79 Å². The van der Waals surface area contributed by atoms with Crippen LogP contribution in [0.3, 0.4) is 0 Å². The van der Waals surface area contributed by atoms with Crippen molar-refractivity contribution in [3.05, 3.63) is 24.3 Å². The molecule has 2 rings (SSSR count). The highest BCUT2D eigenvalue weighted by atomic mass is 16.5. The van der Waals surface area contributed by atoms with Crippen LogP contribution in [0.25, 0.3) is 0 Å². The highest BCUT2D eigenvalue weighted by molar-refractivity contribution is 5.78.